The molecule has 4 heteroatoms. The lowest BCUT2D eigenvalue weighted by Crippen LogP contribution is -2.12. The number of ether oxygens (including phenoxy) is 1. The molecule has 3 aromatic carbocycles. The summed E-state index contributed by atoms with van der Waals surface area (Å²) in [5, 5.41) is 9.30. The number of hydrogen-bond donors (Lipinski definition) is 1. The first-order chi connectivity index (χ1) is 15.7. The number of H-pyrrole nitrogens is 1. The Bertz CT molecular complexity index is 1230. The minimum Gasteiger partial charge on any atom is -0.462 e. The highest BCUT2D eigenvalue weighted by atomic mass is 16.5. The Balaban J connectivity index is 1.73. The summed E-state index contributed by atoms with van der Waals surface area (Å²) >= 11 is 0. The summed E-state index contributed by atoms with van der Waals surface area (Å²) in [5.74, 6) is -0.403. The molecular weight excluding hydrogens is 396 g/mol. The van der Waals surface area contributed by atoms with Crippen LogP contribution in [0.25, 0.3) is 11.1 Å². The third-order valence-corrected chi connectivity index (χ3v) is 5.56. The van der Waals surface area contributed by atoms with Gasteiger partial charge in [-0.15, -0.1) is 0 Å². The molecule has 0 spiro atoms. The van der Waals surface area contributed by atoms with E-state index in [4.69, 9.17) is 4.74 Å². The standard InChI is InChI=1S/C28H24N2O2/c1-2-32-28(31)27-19-30-18-26(27)25(16-20-7-6-8-21(15-20)17-29)24-13-11-23(12-14-24)22-9-4-3-5-10-22/h3-15,18-19,25,30H,2,16H2,1H3. The van der Waals surface area contributed by atoms with Gasteiger partial charge in [-0.2, -0.15) is 5.26 Å². The van der Waals surface area contributed by atoms with Crippen LogP contribution in [0, 0.1) is 11.3 Å². The quantitative estimate of drug-likeness (QED) is 0.367. The molecule has 4 rings (SSSR count). The highest BCUT2D eigenvalue weighted by Crippen LogP contribution is 2.33. The number of aromatic nitrogens is 1. The van der Waals surface area contributed by atoms with Crippen LogP contribution in [0.2, 0.25) is 0 Å². The zero-order valence-corrected chi connectivity index (χ0v) is 17.9. The lowest BCUT2D eigenvalue weighted by Gasteiger charge is -2.19. The lowest BCUT2D eigenvalue weighted by atomic mass is 9.84. The molecule has 0 bridgehead atoms. The van der Waals surface area contributed by atoms with Crippen molar-refractivity contribution in [2.75, 3.05) is 6.61 Å². The van der Waals surface area contributed by atoms with Gasteiger partial charge in [0.1, 0.15) is 0 Å². The van der Waals surface area contributed by atoms with E-state index in [9.17, 15) is 10.1 Å². The van der Waals surface area contributed by atoms with Gasteiger partial charge in [-0.3, -0.25) is 0 Å². The number of nitrogens with one attached hydrogen (secondary N) is 1. The SMILES string of the molecule is CCOC(=O)c1c[nH]cc1C(Cc1cccc(C#N)c1)c1ccc(-c2ccccc2)cc1. The van der Waals surface area contributed by atoms with Crippen LogP contribution in [-0.4, -0.2) is 17.6 Å². The molecule has 0 fully saturated rings. The van der Waals surface area contributed by atoms with E-state index >= 15 is 0 Å². The average Bonchev–Trinajstić information content (AvgIpc) is 3.33. The molecule has 1 N–H and O–H groups in total. The van der Waals surface area contributed by atoms with Crippen molar-refractivity contribution in [3.05, 3.63) is 119 Å². The Labute approximate surface area is 188 Å². The first kappa shape index (κ1) is 21.1. The number of nitriles is 1. The second kappa shape index (κ2) is 9.80. The summed E-state index contributed by atoms with van der Waals surface area (Å²) < 4.78 is 5.27. The topological polar surface area (TPSA) is 65.9 Å². The highest BCUT2D eigenvalue weighted by molar-refractivity contribution is 5.91. The molecule has 0 radical (unpaired) electrons. The zero-order valence-electron chi connectivity index (χ0n) is 17.9. The zero-order chi connectivity index (χ0) is 22.3. The maximum atomic E-state index is 12.6. The van der Waals surface area contributed by atoms with Gasteiger partial charge in [-0.1, -0.05) is 66.7 Å². The summed E-state index contributed by atoms with van der Waals surface area (Å²) in [7, 11) is 0. The molecule has 0 amide bonds. The van der Waals surface area contributed by atoms with Gasteiger partial charge in [0.25, 0.3) is 0 Å². The number of rotatable bonds is 7. The molecule has 158 valence electrons. The van der Waals surface area contributed by atoms with Crippen LogP contribution in [0.4, 0.5) is 0 Å². The van der Waals surface area contributed by atoms with Gasteiger partial charge in [0.2, 0.25) is 0 Å². The van der Waals surface area contributed by atoms with Gasteiger partial charge in [-0.05, 0) is 53.3 Å². The molecule has 1 atom stereocenters. The minimum absolute atomic E-state index is 0.0700. The molecule has 0 saturated carbocycles. The van der Waals surface area contributed by atoms with Crippen molar-refractivity contribution in [2.24, 2.45) is 0 Å². The van der Waals surface area contributed by atoms with Crippen molar-refractivity contribution in [1.29, 1.82) is 5.26 Å². The van der Waals surface area contributed by atoms with Gasteiger partial charge in [-0.25, -0.2) is 4.79 Å². The molecule has 1 heterocycles. The van der Waals surface area contributed by atoms with Crippen LogP contribution >= 0.6 is 0 Å². The molecule has 1 aromatic heterocycles. The number of benzene rings is 3. The van der Waals surface area contributed by atoms with E-state index in [0.29, 0.717) is 24.2 Å². The van der Waals surface area contributed by atoms with E-state index in [1.807, 2.05) is 42.6 Å². The molecule has 0 aliphatic rings. The Morgan fingerprint density at radius 2 is 1.72 bits per heavy atom. The third kappa shape index (κ3) is 4.63. The lowest BCUT2D eigenvalue weighted by molar-refractivity contribution is 0.0525. The number of carbonyl (C=O) groups excluding carboxylic acids is 1. The van der Waals surface area contributed by atoms with Crippen molar-refractivity contribution in [2.45, 2.75) is 19.3 Å². The maximum absolute atomic E-state index is 12.6. The van der Waals surface area contributed by atoms with E-state index in [1.165, 1.54) is 0 Å². The molecule has 0 saturated heterocycles. The molecule has 32 heavy (non-hydrogen) atoms. The van der Waals surface area contributed by atoms with Crippen LogP contribution in [0.5, 0.6) is 0 Å². The summed E-state index contributed by atoms with van der Waals surface area (Å²) in [6.45, 7) is 2.13. The predicted molar refractivity (Wildman–Crippen MR) is 125 cm³/mol. The highest BCUT2D eigenvalue weighted by Gasteiger charge is 2.23. The fourth-order valence-electron chi connectivity index (χ4n) is 4.00. The van der Waals surface area contributed by atoms with Gasteiger partial charge in [0, 0.05) is 18.3 Å². The number of nitrogens with zero attached hydrogens (tertiary/aromatic N) is 1. The first-order valence-corrected chi connectivity index (χ1v) is 10.7. The van der Waals surface area contributed by atoms with Crippen LogP contribution in [0.15, 0.2) is 91.3 Å². The van der Waals surface area contributed by atoms with Crippen molar-refractivity contribution < 1.29 is 9.53 Å². The van der Waals surface area contributed by atoms with Crippen molar-refractivity contribution in [3.63, 3.8) is 0 Å². The number of carbonyl (C=O) groups is 1. The number of esters is 1. The molecule has 4 aromatic rings. The number of aromatic amines is 1. The Kier molecular flexibility index (Phi) is 6.48. The van der Waals surface area contributed by atoms with Gasteiger partial charge in [0.05, 0.1) is 23.8 Å². The normalized spacial score (nSPS) is 11.5. The summed E-state index contributed by atoms with van der Waals surface area (Å²) in [6.07, 6.45) is 4.23. The summed E-state index contributed by atoms with van der Waals surface area (Å²) in [4.78, 5) is 15.6. The largest absolute Gasteiger partial charge is 0.462 e. The van der Waals surface area contributed by atoms with E-state index in [-0.39, 0.29) is 11.9 Å². The molecule has 1 unspecified atom stereocenters. The summed E-state index contributed by atoms with van der Waals surface area (Å²) in [6, 6.07) is 28.5. The van der Waals surface area contributed by atoms with Crippen LogP contribution in [-0.2, 0) is 11.2 Å². The maximum Gasteiger partial charge on any atom is 0.339 e. The predicted octanol–water partition coefficient (Wildman–Crippen LogP) is 6.10. The van der Waals surface area contributed by atoms with Gasteiger partial charge < -0.3 is 9.72 Å². The second-order valence-corrected chi connectivity index (χ2v) is 7.60. The fourth-order valence-corrected chi connectivity index (χ4v) is 4.00. The average molecular weight is 421 g/mol. The molecule has 4 nitrogen and oxygen atoms in total. The Morgan fingerprint density at radius 3 is 2.44 bits per heavy atom. The third-order valence-electron chi connectivity index (χ3n) is 5.56. The minimum atomic E-state index is -0.333. The monoisotopic (exact) mass is 420 g/mol. The fraction of sp³-hybridized carbons (Fsp3) is 0.143. The summed E-state index contributed by atoms with van der Waals surface area (Å²) in [5.41, 5.74) is 6.49. The smallest absolute Gasteiger partial charge is 0.339 e. The van der Waals surface area contributed by atoms with Gasteiger partial charge in [0.15, 0.2) is 0 Å². The molecular formula is C28H24N2O2. The second-order valence-electron chi connectivity index (χ2n) is 7.60. The Morgan fingerprint density at radius 1 is 0.969 bits per heavy atom. The van der Waals surface area contributed by atoms with Crippen molar-refractivity contribution >= 4 is 5.97 Å². The van der Waals surface area contributed by atoms with Gasteiger partial charge >= 0.3 is 5.97 Å². The van der Waals surface area contributed by atoms with Crippen molar-refractivity contribution in [3.8, 4) is 17.2 Å². The van der Waals surface area contributed by atoms with Crippen LogP contribution in [0.3, 0.4) is 0 Å². The first-order valence-electron chi connectivity index (χ1n) is 10.7. The van der Waals surface area contributed by atoms with Crippen molar-refractivity contribution in [1.82, 2.24) is 4.98 Å². The Hall–Kier alpha value is -4.10. The van der Waals surface area contributed by atoms with E-state index in [2.05, 4.69) is 47.5 Å². The molecule has 0 aliphatic heterocycles. The van der Waals surface area contributed by atoms with Crippen LogP contribution < -0.4 is 0 Å². The van der Waals surface area contributed by atoms with E-state index in [0.717, 1.165) is 27.8 Å². The van der Waals surface area contributed by atoms with E-state index in [1.54, 1.807) is 19.2 Å². The van der Waals surface area contributed by atoms with Crippen LogP contribution in [0.1, 0.15) is 45.5 Å². The number of hydrogen-bond acceptors (Lipinski definition) is 3. The van der Waals surface area contributed by atoms with E-state index < -0.39 is 0 Å². The molecule has 0 aliphatic carbocycles.